The average Bonchev–Trinajstić information content (AvgIpc) is 3.22. The van der Waals surface area contributed by atoms with Crippen LogP contribution in [0.1, 0.15) is 148 Å². The fourth-order valence-corrected chi connectivity index (χ4v) is 4.25. The van der Waals surface area contributed by atoms with Crippen molar-refractivity contribution in [1.82, 2.24) is 5.32 Å². The Morgan fingerprint density at radius 3 is 1.48 bits per heavy atom. The normalized spacial score (nSPS) is 16.4. The van der Waals surface area contributed by atoms with Gasteiger partial charge >= 0.3 is 5.97 Å². The molecule has 0 N–H and O–H groups in total. The van der Waals surface area contributed by atoms with Crippen LogP contribution in [0.2, 0.25) is 0 Å². The summed E-state index contributed by atoms with van der Waals surface area (Å²) in [7, 11) is 0. The third-order valence-electron chi connectivity index (χ3n) is 6.19. The number of ether oxygens (including phenoxy) is 1. The zero-order chi connectivity index (χ0) is 20.8. The molecule has 0 aliphatic carbocycles. The molecule has 3 heteroatoms. The lowest BCUT2D eigenvalue weighted by Gasteiger charge is -2.10. The summed E-state index contributed by atoms with van der Waals surface area (Å²) in [6, 6.07) is 0. The Balaban J connectivity index is 1.67. The number of unbranched alkanes of at least 4 members (excludes halogenated alkanes) is 18. The van der Waals surface area contributed by atoms with E-state index in [-0.39, 0.29) is 12.2 Å². The number of nitrogens with zero attached hydrogens (tertiary/aromatic N) is 1. The molecular formula is C26H50NO2. The van der Waals surface area contributed by atoms with Crippen LogP contribution in [0.5, 0.6) is 0 Å². The van der Waals surface area contributed by atoms with Crippen molar-refractivity contribution in [2.24, 2.45) is 0 Å². The molecule has 1 heterocycles. The number of carbonyl (C=O) groups is 1. The van der Waals surface area contributed by atoms with Gasteiger partial charge in [-0.25, -0.2) is 5.32 Å². The minimum Gasteiger partial charge on any atom is -0.445 e. The van der Waals surface area contributed by atoms with E-state index in [1.807, 2.05) is 0 Å². The number of carbonyl (C=O) groups excluding carboxylic acids is 1. The van der Waals surface area contributed by atoms with Crippen molar-refractivity contribution < 1.29 is 9.53 Å². The fraction of sp³-hybridized carbons (Fsp3) is 0.962. The van der Waals surface area contributed by atoms with Gasteiger partial charge in [-0.15, -0.1) is 0 Å². The summed E-state index contributed by atoms with van der Waals surface area (Å²) in [5, 5.41) is 4.27. The van der Waals surface area contributed by atoms with Crippen molar-refractivity contribution in [2.75, 3.05) is 6.54 Å². The molecular weight excluding hydrogens is 358 g/mol. The summed E-state index contributed by atoms with van der Waals surface area (Å²) in [5.41, 5.74) is 0. The van der Waals surface area contributed by atoms with Crippen molar-refractivity contribution in [3.05, 3.63) is 0 Å². The van der Waals surface area contributed by atoms with E-state index < -0.39 is 0 Å². The van der Waals surface area contributed by atoms with Crippen molar-refractivity contribution in [2.45, 2.75) is 154 Å². The first-order valence-corrected chi connectivity index (χ1v) is 13.2. The van der Waals surface area contributed by atoms with Crippen LogP contribution in [0.25, 0.3) is 0 Å². The van der Waals surface area contributed by atoms with E-state index in [0.717, 1.165) is 32.2 Å². The predicted octanol–water partition coefficient (Wildman–Crippen LogP) is 8.08. The molecule has 0 spiro atoms. The molecule has 1 rings (SSSR count). The number of hydrogen-bond donors (Lipinski definition) is 0. The highest BCUT2D eigenvalue weighted by molar-refractivity contribution is 5.69. The van der Waals surface area contributed by atoms with Crippen LogP contribution in [0.15, 0.2) is 0 Å². The molecule has 0 bridgehead atoms. The Morgan fingerprint density at radius 1 is 0.690 bits per heavy atom. The molecule has 29 heavy (non-hydrogen) atoms. The predicted molar refractivity (Wildman–Crippen MR) is 124 cm³/mol. The van der Waals surface area contributed by atoms with Crippen molar-refractivity contribution in [1.29, 1.82) is 0 Å². The molecule has 0 aromatic heterocycles. The fourth-order valence-electron chi connectivity index (χ4n) is 4.25. The van der Waals surface area contributed by atoms with Gasteiger partial charge in [0.15, 0.2) is 6.23 Å². The molecule has 0 aromatic rings. The lowest BCUT2D eigenvalue weighted by atomic mass is 10.0. The molecule has 1 atom stereocenters. The topological polar surface area (TPSA) is 40.4 Å². The van der Waals surface area contributed by atoms with Crippen molar-refractivity contribution in [3.8, 4) is 0 Å². The van der Waals surface area contributed by atoms with E-state index >= 15 is 0 Å². The smallest absolute Gasteiger partial charge is 0.307 e. The maximum absolute atomic E-state index is 11.7. The van der Waals surface area contributed by atoms with E-state index in [1.165, 1.54) is 109 Å². The summed E-state index contributed by atoms with van der Waals surface area (Å²) in [5.74, 6) is -0.0485. The number of hydrogen-bond acceptors (Lipinski definition) is 2. The van der Waals surface area contributed by atoms with Gasteiger partial charge in [0.25, 0.3) is 0 Å². The monoisotopic (exact) mass is 408 g/mol. The first-order valence-electron chi connectivity index (χ1n) is 13.2. The molecule has 1 fully saturated rings. The van der Waals surface area contributed by atoms with Crippen LogP contribution in [-0.4, -0.2) is 18.7 Å². The molecule has 0 saturated carbocycles. The van der Waals surface area contributed by atoms with Gasteiger partial charge < -0.3 is 4.74 Å². The Labute approximate surface area is 182 Å². The van der Waals surface area contributed by atoms with Gasteiger partial charge in [-0.2, -0.15) is 0 Å². The Bertz CT molecular complexity index is 353. The maximum Gasteiger partial charge on any atom is 0.307 e. The molecule has 1 saturated heterocycles. The first-order chi connectivity index (χ1) is 14.3. The van der Waals surface area contributed by atoms with Crippen molar-refractivity contribution in [3.63, 3.8) is 0 Å². The molecule has 1 unspecified atom stereocenters. The van der Waals surface area contributed by atoms with Crippen LogP contribution in [-0.2, 0) is 9.53 Å². The van der Waals surface area contributed by atoms with Crippen LogP contribution in [0.3, 0.4) is 0 Å². The van der Waals surface area contributed by atoms with E-state index in [0.29, 0.717) is 6.42 Å². The third-order valence-corrected chi connectivity index (χ3v) is 6.19. The quantitative estimate of drug-likeness (QED) is 0.142. The van der Waals surface area contributed by atoms with Crippen molar-refractivity contribution >= 4 is 5.97 Å². The Hall–Kier alpha value is -0.570. The molecule has 1 aliphatic heterocycles. The standard InChI is InChI=1S/C26H50NO2/c1-2-3-4-5-6-7-8-9-10-11-12-13-14-15-16-17-18-19-20-23-26(28)29-25-22-21-24-27-25/h25H,2-24H2,1H3. The van der Waals surface area contributed by atoms with Gasteiger partial charge in [0.1, 0.15) is 0 Å². The van der Waals surface area contributed by atoms with Crippen LogP contribution in [0, 0.1) is 0 Å². The van der Waals surface area contributed by atoms with Gasteiger partial charge in [0, 0.05) is 19.4 Å². The van der Waals surface area contributed by atoms with Crippen LogP contribution >= 0.6 is 0 Å². The summed E-state index contributed by atoms with van der Waals surface area (Å²) < 4.78 is 5.34. The zero-order valence-electron chi connectivity index (χ0n) is 19.6. The van der Waals surface area contributed by atoms with E-state index in [1.54, 1.807) is 0 Å². The average molecular weight is 409 g/mol. The summed E-state index contributed by atoms with van der Waals surface area (Å²) in [6.45, 7) is 3.15. The van der Waals surface area contributed by atoms with Gasteiger partial charge in [-0.3, -0.25) is 4.79 Å². The molecule has 1 radical (unpaired) electrons. The maximum atomic E-state index is 11.7. The third kappa shape index (κ3) is 18.0. The van der Waals surface area contributed by atoms with E-state index in [9.17, 15) is 4.79 Å². The number of rotatable bonds is 21. The van der Waals surface area contributed by atoms with Crippen LogP contribution < -0.4 is 5.32 Å². The lowest BCUT2D eigenvalue weighted by Crippen LogP contribution is -2.22. The molecule has 171 valence electrons. The SMILES string of the molecule is CCCCCCCCCCCCCCCCCCCCCC(=O)OC1CCC[N]1. The summed E-state index contributed by atoms with van der Waals surface area (Å²) >= 11 is 0. The Kier molecular flexibility index (Phi) is 18.9. The van der Waals surface area contributed by atoms with Gasteiger partial charge in [-0.1, -0.05) is 122 Å². The largest absolute Gasteiger partial charge is 0.445 e. The minimum atomic E-state index is -0.136. The minimum absolute atomic E-state index is 0.0485. The second-order valence-corrected chi connectivity index (χ2v) is 9.11. The highest BCUT2D eigenvalue weighted by Crippen LogP contribution is 2.15. The van der Waals surface area contributed by atoms with Crippen LogP contribution in [0.4, 0.5) is 0 Å². The highest BCUT2D eigenvalue weighted by Gasteiger charge is 2.19. The zero-order valence-corrected chi connectivity index (χ0v) is 19.6. The van der Waals surface area contributed by atoms with E-state index in [4.69, 9.17) is 4.74 Å². The van der Waals surface area contributed by atoms with Gasteiger partial charge in [0.2, 0.25) is 0 Å². The highest BCUT2D eigenvalue weighted by atomic mass is 16.6. The second-order valence-electron chi connectivity index (χ2n) is 9.11. The molecule has 0 aromatic carbocycles. The van der Waals surface area contributed by atoms with Gasteiger partial charge in [0.05, 0.1) is 0 Å². The molecule has 3 nitrogen and oxygen atoms in total. The van der Waals surface area contributed by atoms with Gasteiger partial charge in [-0.05, 0) is 12.8 Å². The van der Waals surface area contributed by atoms with E-state index in [2.05, 4.69) is 12.2 Å². The Morgan fingerprint density at radius 2 is 1.10 bits per heavy atom. The number of esters is 1. The first kappa shape index (κ1) is 26.5. The molecule has 0 amide bonds. The summed E-state index contributed by atoms with van der Waals surface area (Å²) in [4.78, 5) is 11.7. The second kappa shape index (κ2) is 20.7. The summed E-state index contributed by atoms with van der Waals surface area (Å²) in [6.07, 6.45) is 28.6. The lowest BCUT2D eigenvalue weighted by molar-refractivity contribution is -0.150. The molecule has 1 aliphatic rings.